The van der Waals surface area contributed by atoms with Gasteiger partial charge in [-0.2, -0.15) is 0 Å². The topological polar surface area (TPSA) is 65.4 Å². The van der Waals surface area contributed by atoms with E-state index >= 15 is 0 Å². The molecular weight excluding hydrogens is 222 g/mol. The van der Waals surface area contributed by atoms with Crippen LogP contribution < -0.4 is 5.56 Å². The van der Waals surface area contributed by atoms with Gasteiger partial charge < -0.3 is 9.30 Å². The summed E-state index contributed by atoms with van der Waals surface area (Å²) in [5.41, 5.74) is -0.225. The number of nitrogens with zero attached hydrogens (tertiary/aromatic N) is 1. The van der Waals surface area contributed by atoms with Gasteiger partial charge in [0.15, 0.2) is 5.78 Å². The first kappa shape index (κ1) is 13.2. The lowest BCUT2D eigenvalue weighted by atomic mass is 10.2. The van der Waals surface area contributed by atoms with Crippen molar-refractivity contribution in [3.05, 3.63) is 34.7 Å². The van der Waals surface area contributed by atoms with E-state index in [0.717, 1.165) is 0 Å². The molecule has 0 aliphatic heterocycles. The SMILES string of the molecule is CCOC(=O)CCC(=O)Cn1ccccc1=O. The van der Waals surface area contributed by atoms with E-state index in [0.29, 0.717) is 6.61 Å². The van der Waals surface area contributed by atoms with Crippen molar-refractivity contribution in [2.75, 3.05) is 6.61 Å². The van der Waals surface area contributed by atoms with Gasteiger partial charge in [-0.1, -0.05) is 6.07 Å². The number of rotatable bonds is 6. The summed E-state index contributed by atoms with van der Waals surface area (Å²) >= 11 is 0. The van der Waals surface area contributed by atoms with Crippen LogP contribution in [0.15, 0.2) is 29.2 Å². The van der Waals surface area contributed by atoms with E-state index in [4.69, 9.17) is 4.74 Å². The molecule has 1 heterocycles. The molecule has 0 aromatic carbocycles. The summed E-state index contributed by atoms with van der Waals surface area (Å²) in [5, 5.41) is 0. The molecule has 0 unspecified atom stereocenters. The molecule has 5 heteroatoms. The van der Waals surface area contributed by atoms with Gasteiger partial charge in [-0.15, -0.1) is 0 Å². The van der Waals surface area contributed by atoms with Crippen LogP contribution in [-0.2, 0) is 20.9 Å². The smallest absolute Gasteiger partial charge is 0.306 e. The number of hydrogen-bond acceptors (Lipinski definition) is 4. The Morgan fingerprint density at radius 3 is 2.71 bits per heavy atom. The number of hydrogen-bond donors (Lipinski definition) is 0. The van der Waals surface area contributed by atoms with E-state index < -0.39 is 0 Å². The summed E-state index contributed by atoms with van der Waals surface area (Å²) in [6, 6.07) is 4.68. The van der Waals surface area contributed by atoms with Crippen molar-refractivity contribution in [3.8, 4) is 0 Å². The predicted octanol–water partition coefficient (Wildman–Crippen LogP) is 0.761. The van der Waals surface area contributed by atoms with Gasteiger partial charge in [-0.3, -0.25) is 14.4 Å². The Hall–Kier alpha value is -1.91. The third-order valence-electron chi connectivity index (χ3n) is 2.16. The number of carbonyl (C=O) groups is 2. The van der Waals surface area contributed by atoms with Crippen LogP contribution in [0, 0.1) is 0 Å². The molecule has 0 aliphatic rings. The largest absolute Gasteiger partial charge is 0.466 e. The van der Waals surface area contributed by atoms with E-state index in [2.05, 4.69) is 0 Å². The molecule has 0 spiro atoms. The van der Waals surface area contributed by atoms with E-state index in [1.807, 2.05) is 0 Å². The predicted molar refractivity (Wildman–Crippen MR) is 61.6 cm³/mol. The highest BCUT2D eigenvalue weighted by atomic mass is 16.5. The fourth-order valence-corrected chi connectivity index (χ4v) is 1.33. The lowest BCUT2D eigenvalue weighted by Crippen LogP contribution is -2.23. The molecule has 0 bridgehead atoms. The second-order valence-corrected chi connectivity index (χ2v) is 3.51. The summed E-state index contributed by atoms with van der Waals surface area (Å²) < 4.78 is 6.02. The number of esters is 1. The molecule has 0 saturated carbocycles. The van der Waals surface area contributed by atoms with E-state index in [1.165, 1.54) is 10.6 Å². The highest BCUT2D eigenvalue weighted by Crippen LogP contribution is 1.96. The van der Waals surface area contributed by atoms with Gasteiger partial charge in [-0.05, 0) is 13.0 Å². The third kappa shape index (κ3) is 4.63. The van der Waals surface area contributed by atoms with Gasteiger partial charge >= 0.3 is 5.97 Å². The number of aromatic nitrogens is 1. The number of carbonyl (C=O) groups excluding carboxylic acids is 2. The first-order valence-electron chi connectivity index (χ1n) is 5.46. The lowest BCUT2D eigenvalue weighted by Gasteiger charge is -2.04. The third-order valence-corrected chi connectivity index (χ3v) is 2.16. The zero-order valence-corrected chi connectivity index (χ0v) is 9.72. The van der Waals surface area contributed by atoms with Crippen LogP contribution in [0.25, 0.3) is 0 Å². The molecule has 5 nitrogen and oxygen atoms in total. The molecule has 0 N–H and O–H groups in total. The molecular formula is C12H15NO4. The number of Topliss-reactive ketones (excluding diaryl/α,β-unsaturated/α-hetero) is 1. The van der Waals surface area contributed by atoms with E-state index in [-0.39, 0.29) is 36.7 Å². The maximum atomic E-state index is 11.5. The molecule has 0 fully saturated rings. The Bertz CT molecular complexity index is 450. The molecule has 0 saturated heterocycles. The highest BCUT2D eigenvalue weighted by molar-refractivity contribution is 5.82. The molecule has 1 aromatic rings. The highest BCUT2D eigenvalue weighted by Gasteiger charge is 2.08. The minimum atomic E-state index is -0.388. The fraction of sp³-hybridized carbons (Fsp3) is 0.417. The van der Waals surface area contributed by atoms with Gasteiger partial charge in [0.1, 0.15) is 0 Å². The van der Waals surface area contributed by atoms with E-state index in [1.54, 1.807) is 25.3 Å². The van der Waals surface area contributed by atoms with Crippen LogP contribution in [0.3, 0.4) is 0 Å². The molecule has 0 radical (unpaired) electrons. The van der Waals surface area contributed by atoms with Gasteiger partial charge in [-0.25, -0.2) is 0 Å². The molecule has 0 amide bonds. The minimum absolute atomic E-state index is 0.000914. The summed E-state index contributed by atoms with van der Waals surface area (Å²) in [6.45, 7) is 2.02. The van der Waals surface area contributed by atoms with Crippen molar-refractivity contribution in [2.24, 2.45) is 0 Å². The van der Waals surface area contributed by atoms with Crippen molar-refractivity contribution in [1.82, 2.24) is 4.57 Å². The van der Waals surface area contributed by atoms with Crippen LogP contribution in [-0.4, -0.2) is 22.9 Å². The van der Waals surface area contributed by atoms with Crippen LogP contribution >= 0.6 is 0 Å². The Balaban J connectivity index is 2.43. The summed E-state index contributed by atoms with van der Waals surface area (Å²) in [4.78, 5) is 33.8. The monoisotopic (exact) mass is 237 g/mol. The quantitative estimate of drug-likeness (QED) is 0.685. The van der Waals surface area contributed by atoms with Crippen molar-refractivity contribution >= 4 is 11.8 Å². The Labute approximate surface area is 99.0 Å². The van der Waals surface area contributed by atoms with Gasteiger partial charge in [0.25, 0.3) is 5.56 Å². The summed E-state index contributed by atoms with van der Waals surface area (Å²) in [6.07, 6.45) is 1.71. The van der Waals surface area contributed by atoms with Crippen molar-refractivity contribution < 1.29 is 14.3 Å². The molecule has 17 heavy (non-hydrogen) atoms. The van der Waals surface area contributed by atoms with Crippen LogP contribution in [0.5, 0.6) is 0 Å². The Morgan fingerprint density at radius 2 is 2.06 bits per heavy atom. The second-order valence-electron chi connectivity index (χ2n) is 3.51. The minimum Gasteiger partial charge on any atom is -0.466 e. The Kier molecular flexibility index (Phi) is 5.13. The van der Waals surface area contributed by atoms with Crippen LogP contribution in [0.2, 0.25) is 0 Å². The van der Waals surface area contributed by atoms with Gasteiger partial charge in [0.2, 0.25) is 0 Å². The van der Waals surface area contributed by atoms with Gasteiger partial charge in [0.05, 0.1) is 19.6 Å². The maximum absolute atomic E-state index is 11.5. The van der Waals surface area contributed by atoms with Crippen molar-refractivity contribution in [1.29, 1.82) is 0 Å². The molecule has 1 aromatic heterocycles. The van der Waals surface area contributed by atoms with Crippen molar-refractivity contribution in [2.45, 2.75) is 26.3 Å². The second kappa shape index (κ2) is 6.62. The zero-order valence-electron chi connectivity index (χ0n) is 9.72. The van der Waals surface area contributed by atoms with Crippen molar-refractivity contribution in [3.63, 3.8) is 0 Å². The van der Waals surface area contributed by atoms with Crippen LogP contribution in [0.4, 0.5) is 0 Å². The average Bonchev–Trinajstić information content (AvgIpc) is 2.30. The average molecular weight is 237 g/mol. The van der Waals surface area contributed by atoms with Crippen LogP contribution in [0.1, 0.15) is 19.8 Å². The number of pyridine rings is 1. The Morgan fingerprint density at radius 1 is 1.29 bits per heavy atom. The molecule has 0 aliphatic carbocycles. The maximum Gasteiger partial charge on any atom is 0.306 e. The molecule has 1 rings (SSSR count). The summed E-state index contributed by atoms with van der Waals surface area (Å²) in [5.74, 6) is -0.549. The zero-order chi connectivity index (χ0) is 12.7. The molecule has 92 valence electrons. The normalized spacial score (nSPS) is 9.94. The summed E-state index contributed by atoms with van der Waals surface area (Å²) in [7, 11) is 0. The molecule has 0 atom stereocenters. The number of ether oxygens (including phenoxy) is 1. The lowest BCUT2D eigenvalue weighted by molar-refractivity contribution is -0.144. The first-order chi connectivity index (χ1) is 8.13. The fourth-order valence-electron chi connectivity index (χ4n) is 1.33. The van der Waals surface area contributed by atoms with E-state index in [9.17, 15) is 14.4 Å². The number of ketones is 1. The standard InChI is InChI=1S/C12H15NO4/c1-2-17-12(16)7-6-10(14)9-13-8-4-3-5-11(13)15/h3-5,8H,2,6-7,9H2,1H3. The first-order valence-corrected chi connectivity index (χ1v) is 5.46. The van der Waals surface area contributed by atoms with Gasteiger partial charge in [0, 0.05) is 18.7 Å².